The number of hydrogen-bond donors (Lipinski definition) is 1. The number of amides is 1. The molecule has 1 N–H and O–H groups in total. The summed E-state index contributed by atoms with van der Waals surface area (Å²) in [5.74, 6) is 1.52. The number of fused-ring (bicyclic) bond motifs is 1. The molecule has 2 aliphatic rings. The molecule has 4 heteroatoms. The fraction of sp³-hybridized carbons (Fsp3) is 0.588. The summed E-state index contributed by atoms with van der Waals surface area (Å²) in [4.78, 5) is 14.3. The number of rotatable bonds is 3. The van der Waals surface area contributed by atoms with E-state index in [1.165, 1.54) is 19.5 Å². The van der Waals surface area contributed by atoms with Crippen LogP contribution in [0.1, 0.15) is 24.8 Å². The van der Waals surface area contributed by atoms with Gasteiger partial charge in [-0.15, -0.1) is 0 Å². The van der Waals surface area contributed by atoms with Gasteiger partial charge in [0.1, 0.15) is 6.61 Å². The standard InChI is InChI=1S/C17H24N2O2/c1-19-8-7-14-9-16(10-15(14)11-19)18-17(20)21-12-13-5-3-2-4-6-13/h2-6,14-16H,7-12H2,1H3,(H,18,20)/t14-,15?,16+/m0/s1. The number of benzene rings is 1. The molecule has 0 bridgehead atoms. The van der Waals surface area contributed by atoms with Crippen molar-refractivity contribution in [3.63, 3.8) is 0 Å². The summed E-state index contributed by atoms with van der Waals surface area (Å²) in [5.41, 5.74) is 1.02. The van der Waals surface area contributed by atoms with Gasteiger partial charge in [-0.1, -0.05) is 30.3 Å². The molecule has 1 aromatic carbocycles. The van der Waals surface area contributed by atoms with E-state index in [-0.39, 0.29) is 12.1 Å². The van der Waals surface area contributed by atoms with Crippen molar-refractivity contribution >= 4 is 6.09 Å². The maximum absolute atomic E-state index is 11.9. The molecule has 1 aliphatic carbocycles. The molecule has 0 spiro atoms. The molecule has 1 saturated heterocycles. The Morgan fingerprint density at radius 3 is 2.86 bits per heavy atom. The first-order chi connectivity index (χ1) is 10.2. The lowest BCUT2D eigenvalue weighted by Crippen LogP contribution is -2.35. The molecular formula is C17H24N2O2. The second kappa shape index (κ2) is 6.48. The summed E-state index contributed by atoms with van der Waals surface area (Å²) < 4.78 is 5.30. The fourth-order valence-corrected chi connectivity index (χ4v) is 3.72. The summed E-state index contributed by atoms with van der Waals surface area (Å²) >= 11 is 0. The zero-order chi connectivity index (χ0) is 14.7. The first-order valence-electron chi connectivity index (χ1n) is 7.86. The van der Waals surface area contributed by atoms with E-state index < -0.39 is 0 Å². The zero-order valence-corrected chi connectivity index (χ0v) is 12.6. The van der Waals surface area contributed by atoms with E-state index in [1.807, 2.05) is 30.3 Å². The highest BCUT2D eigenvalue weighted by atomic mass is 16.5. The highest BCUT2D eigenvalue weighted by Gasteiger charge is 2.37. The van der Waals surface area contributed by atoms with Crippen molar-refractivity contribution in [2.24, 2.45) is 11.8 Å². The summed E-state index contributed by atoms with van der Waals surface area (Å²) in [6.07, 6.45) is 3.18. The minimum Gasteiger partial charge on any atom is -0.445 e. The van der Waals surface area contributed by atoms with Crippen LogP contribution in [0.4, 0.5) is 4.79 Å². The molecule has 2 fully saturated rings. The van der Waals surface area contributed by atoms with Gasteiger partial charge in [0, 0.05) is 12.6 Å². The number of alkyl carbamates (subject to hydrolysis) is 1. The molecule has 3 atom stereocenters. The van der Waals surface area contributed by atoms with Crippen LogP contribution >= 0.6 is 0 Å². The van der Waals surface area contributed by atoms with Crippen molar-refractivity contribution in [1.29, 1.82) is 0 Å². The van der Waals surface area contributed by atoms with Crippen molar-refractivity contribution in [2.45, 2.75) is 31.9 Å². The minimum atomic E-state index is -0.282. The third-order valence-corrected chi connectivity index (χ3v) is 4.80. The average Bonchev–Trinajstić information content (AvgIpc) is 2.87. The van der Waals surface area contributed by atoms with Gasteiger partial charge >= 0.3 is 6.09 Å². The maximum atomic E-state index is 11.9. The molecule has 1 unspecified atom stereocenters. The first-order valence-corrected chi connectivity index (χ1v) is 7.86. The quantitative estimate of drug-likeness (QED) is 0.929. The van der Waals surface area contributed by atoms with Crippen LogP contribution in [0.25, 0.3) is 0 Å². The predicted octanol–water partition coefficient (Wildman–Crippen LogP) is 2.64. The molecule has 0 aromatic heterocycles. The number of ether oxygens (including phenoxy) is 1. The van der Waals surface area contributed by atoms with Gasteiger partial charge in [0.2, 0.25) is 0 Å². The number of carbonyl (C=O) groups is 1. The van der Waals surface area contributed by atoms with Crippen LogP contribution in [-0.4, -0.2) is 37.2 Å². The topological polar surface area (TPSA) is 41.6 Å². The van der Waals surface area contributed by atoms with Gasteiger partial charge in [-0.3, -0.25) is 0 Å². The van der Waals surface area contributed by atoms with Crippen LogP contribution in [-0.2, 0) is 11.3 Å². The SMILES string of the molecule is CN1CC[C@H]2C[C@@H](NC(=O)OCc3ccccc3)CC2C1. The second-order valence-electron chi connectivity index (χ2n) is 6.45. The van der Waals surface area contributed by atoms with E-state index in [0.29, 0.717) is 6.61 Å². The molecule has 4 nitrogen and oxygen atoms in total. The normalized spacial score (nSPS) is 28.9. The summed E-state index contributed by atoms with van der Waals surface area (Å²) in [5, 5.41) is 3.04. The molecule has 114 valence electrons. The van der Waals surface area contributed by atoms with Crippen molar-refractivity contribution in [2.75, 3.05) is 20.1 Å². The Morgan fingerprint density at radius 1 is 1.29 bits per heavy atom. The molecule has 1 aliphatic heterocycles. The Hall–Kier alpha value is -1.55. The summed E-state index contributed by atoms with van der Waals surface area (Å²) in [6.45, 7) is 2.70. The summed E-state index contributed by atoms with van der Waals surface area (Å²) in [7, 11) is 2.19. The van der Waals surface area contributed by atoms with Crippen LogP contribution in [0, 0.1) is 11.8 Å². The van der Waals surface area contributed by atoms with E-state index in [4.69, 9.17) is 4.74 Å². The van der Waals surface area contributed by atoms with Crippen molar-refractivity contribution in [3.05, 3.63) is 35.9 Å². The number of carbonyl (C=O) groups excluding carboxylic acids is 1. The number of likely N-dealkylation sites (tertiary alicyclic amines) is 1. The number of hydrogen-bond acceptors (Lipinski definition) is 3. The number of piperidine rings is 1. The van der Waals surface area contributed by atoms with Crippen LogP contribution in [0.5, 0.6) is 0 Å². The Balaban J connectivity index is 1.43. The smallest absolute Gasteiger partial charge is 0.407 e. The fourth-order valence-electron chi connectivity index (χ4n) is 3.72. The molecular weight excluding hydrogens is 264 g/mol. The Morgan fingerprint density at radius 2 is 2.05 bits per heavy atom. The molecule has 1 aromatic rings. The molecule has 1 saturated carbocycles. The summed E-state index contributed by atoms with van der Waals surface area (Å²) in [6, 6.07) is 10.1. The van der Waals surface area contributed by atoms with Gasteiger partial charge in [-0.25, -0.2) is 4.79 Å². The lowest BCUT2D eigenvalue weighted by molar-refractivity contribution is 0.135. The van der Waals surface area contributed by atoms with Gasteiger partial charge < -0.3 is 15.0 Å². The Bertz CT molecular complexity index is 477. The molecule has 1 amide bonds. The van der Waals surface area contributed by atoms with Crippen molar-refractivity contribution in [3.8, 4) is 0 Å². The van der Waals surface area contributed by atoms with Crippen LogP contribution in [0.3, 0.4) is 0 Å². The minimum absolute atomic E-state index is 0.282. The zero-order valence-electron chi connectivity index (χ0n) is 12.6. The number of nitrogens with one attached hydrogen (secondary N) is 1. The van der Waals surface area contributed by atoms with Crippen molar-refractivity contribution < 1.29 is 9.53 Å². The third-order valence-electron chi connectivity index (χ3n) is 4.80. The van der Waals surface area contributed by atoms with E-state index in [2.05, 4.69) is 17.3 Å². The Labute approximate surface area is 126 Å². The lowest BCUT2D eigenvalue weighted by atomic mass is 9.89. The van der Waals surface area contributed by atoms with Gasteiger partial charge in [0.05, 0.1) is 0 Å². The molecule has 21 heavy (non-hydrogen) atoms. The molecule has 3 rings (SSSR count). The lowest BCUT2D eigenvalue weighted by Gasteiger charge is -2.31. The average molecular weight is 288 g/mol. The highest BCUT2D eigenvalue weighted by molar-refractivity contribution is 5.67. The highest BCUT2D eigenvalue weighted by Crippen LogP contribution is 2.37. The van der Waals surface area contributed by atoms with E-state index in [0.717, 1.165) is 30.2 Å². The van der Waals surface area contributed by atoms with Crippen LogP contribution in [0.15, 0.2) is 30.3 Å². The monoisotopic (exact) mass is 288 g/mol. The van der Waals surface area contributed by atoms with Crippen molar-refractivity contribution in [1.82, 2.24) is 10.2 Å². The van der Waals surface area contributed by atoms with Gasteiger partial charge in [0.25, 0.3) is 0 Å². The van der Waals surface area contributed by atoms with Gasteiger partial charge in [-0.05, 0) is 50.3 Å². The Kier molecular flexibility index (Phi) is 4.44. The first kappa shape index (κ1) is 14.4. The van der Waals surface area contributed by atoms with Gasteiger partial charge in [0.15, 0.2) is 0 Å². The van der Waals surface area contributed by atoms with Crippen LogP contribution in [0.2, 0.25) is 0 Å². The van der Waals surface area contributed by atoms with E-state index >= 15 is 0 Å². The molecule has 1 heterocycles. The molecule has 0 radical (unpaired) electrons. The van der Waals surface area contributed by atoms with Crippen LogP contribution < -0.4 is 5.32 Å². The van der Waals surface area contributed by atoms with Gasteiger partial charge in [-0.2, -0.15) is 0 Å². The number of nitrogens with zero attached hydrogens (tertiary/aromatic N) is 1. The second-order valence-corrected chi connectivity index (χ2v) is 6.45. The van der Waals surface area contributed by atoms with E-state index in [9.17, 15) is 4.79 Å². The van der Waals surface area contributed by atoms with E-state index in [1.54, 1.807) is 0 Å². The predicted molar refractivity (Wildman–Crippen MR) is 81.9 cm³/mol. The third kappa shape index (κ3) is 3.76. The largest absolute Gasteiger partial charge is 0.445 e. The maximum Gasteiger partial charge on any atom is 0.407 e.